The van der Waals surface area contributed by atoms with E-state index in [1.807, 2.05) is 54.6 Å². The maximum atomic E-state index is 12.2. The number of carbonyl (C=O) groups excluding carboxylic acids is 1. The lowest BCUT2D eigenvalue weighted by molar-refractivity contribution is 0.0898. The summed E-state index contributed by atoms with van der Waals surface area (Å²) in [6, 6.07) is 17.2. The number of rotatable bonds is 5. The van der Waals surface area contributed by atoms with Crippen LogP contribution < -0.4 is 4.74 Å². The highest BCUT2D eigenvalue weighted by atomic mass is 16.5. The number of benzene rings is 2. The molecule has 0 aliphatic heterocycles. The van der Waals surface area contributed by atoms with Gasteiger partial charge in [-0.3, -0.25) is 9.36 Å². The Morgan fingerprint density at radius 1 is 1.05 bits per heavy atom. The molecule has 0 fully saturated rings. The van der Waals surface area contributed by atoms with Crippen LogP contribution in [0.3, 0.4) is 0 Å². The molecule has 3 aromatic rings. The molecule has 0 N–H and O–H groups in total. The van der Waals surface area contributed by atoms with Crippen molar-refractivity contribution in [1.82, 2.24) is 9.55 Å². The molecular formula is C17H16N2O2. The molecule has 21 heavy (non-hydrogen) atoms. The van der Waals surface area contributed by atoms with Crippen LogP contribution in [0.15, 0.2) is 60.9 Å². The predicted octanol–water partition coefficient (Wildman–Crippen LogP) is 3.54. The summed E-state index contributed by atoms with van der Waals surface area (Å²) in [4.78, 5) is 16.4. The van der Waals surface area contributed by atoms with Crippen molar-refractivity contribution in [1.29, 1.82) is 0 Å². The van der Waals surface area contributed by atoms with Crippen molar-refractivity contribution < 1.29 is 9.53 Å². The first-order valence-corrected chi connectivity index (χ1v) is 6.98. The normalized spacial score (nSPS) is 10.7. The second-order valence-electron chi connectivity index (χ2n) is 4.76. The Kier molecular flexibility index (Phi) is 3.96. The van der Waals surface area contributed by atoms with Gasteiger partial charge < -0.3 is 4.74 Å². The minimum absolute atomic E-state index is 0.0420. The molecule has 0 aliphatic carbocycles. The Bertz CT molecular complexity index is 735. The number of hydrogen-bond donors (Lipinski definition) is 0. The van der Waals surface area contributed by atoms with Gasteiger partial charge in [0.25, 0.3) is 0 Å². The van der Waals surface area contributed by atoms with Gasteiger partial charge in [-0.2, -0.15) is 0 Å². The smallest absolute Gasteiger partial charge is 0.232 e. The van der Waals surface area contributed by atoms with Gasteiger partial charge in [-0.25, -0.2) is 4.98 Å². The summed E-state index contributed by atoms with van der Waals surface area (Å²) >= 11 is 0. The van der Waals surface area contributed by atoms with E-state index in [9.17, 15) is 4.79 Å². The number of carbonyl (C=O) groups is 1. The van der Waals surface area contributed by atoms with Crippen molar-refractivity contribution in [2.24, 2.45) is 0 Å². The van der Waals surface area contributed by atoms with Gasteiger partial charge in [-0.1, -0.05) is 30.3 Å². The Hall–Kier alpha value is -2.62. The van der Waals surface area contributed by atoms with Crippen LogP contribution in [0, 0.1) is 0 Å². The number of aromatic nitrogens is 2. The van der Waals surface area contributed by atoms with Crippen molar-refractivity contribution in [2.75, 3.05) is 6.61 Å². The molecule has 0 unspecified atom stereocenters. The second kappa shape index (κ2) is 6.22. The molecule has 0 atom stereocenters. The number of fused-ring (bicyclic) bond motifs is 1. The molecule has 0 bridgehead atoms. The Balaban J connectivity index is 1.55. The highest BCUT2D eigenvalue weighted by Gasteiger charge is 2.09. The van der Waals surface area contributed by atoms with E-state index in [-0.39, 0.29) is 5.91 Å². The molecule has 2 aromatic carbocycles. The number of para-hydroxylation sites is 3. The molecule has 4 heteroatoms. The summed E-state index contributed by atoms with van der Waals surface area (Å²) < 4.78 is 7.19. The van der Waals surface area contributed by atoms with Gasteiger partial charge in [0.1, 0.15) is 12.1 Å². The van der Waals surface area contributed by atoms with Gasteiger partial charge in [0.2, 0.25) is 5.91 Å². The van der Waals surface area contributed by atoms with E-state index in [0.29, 0.717) is 19.4 Å². The van der Waals surface area contributed by atoms with E-state index < -0.39 is 0 Å². The average Bonchev–Trinajstić information content (AvgIpc) is 2.96. The van der Waals surface area contributed by atoms with E-state index in [1.54, 1.807) is 10.9 Å². The molecule has 0 saturated heterocycles. The van der Waals surface area contributed by atoms with Crippen molar-refractivity contribution >= 4 is 16.9 Å². The van der Waals surface area contributed by atoms with E-state index in [1.165, 1.54) is 0 Å². The third kappa shape index (κ3) is 3.11. The molecule has 1 heterocycles. The molecule has 106 valence electrons. The minimum atomic E-state index is 0.0420. The monoisotopic (exact) mass is 280 g/mol. The maximum absolute atomic E-state index is 12.2. The Labute approximate surface area is 123 Å². The Morgan fingerprint density at radius 3 is 2.67 bits per heavy atom. The lowest BCUT2D eigenvalue weighted by Gasteiger charge is -2.06. The summed E-state index contributed by atoms with van der Waals surface area (Å²) in [5.41, 5.74) is 1.69. The second-order valence-corrected chi connectivity index (χ2v) is 4.76. The van der Waals surface area contributed by atoms with E-state index in [2.05, 4.69) is 4.98 Å². The summed E-state index contributed by atoms with van der Waals surface area (Å²) in [5, 5.41) is 0. The minimum Gasteiger partial charge on any atom is -0.494 e. The highest BCUT2D eigenvalue weighted by Crippen LogP contribution is 2.13. The number of ether oxygens (including phenoxy) is 1. The summed E-state index contributed by atoms with van der Waals surface area (Å²) in [6.45, 7) is 0.530. The maximum Gasteiger partial charge on any atom is 0.232 e. The fourth-order valence-electron chi connectivity index (χ4n) is 2.21. The zero-order valence-electron chi connectivity index (χ0n) is 11.6. The number of hydrogen-bond acceptors (Lipinski definition) is 3. The average molecular weight is 280 g/mol. The summed E-state index contributed by atoms with van der Waals surface area (Å²) in [7, 11) is 0. The van der Waals surface area contributed by atoms with Gasteiger partial charge >= 0.3 is 0 Å². The molecule has 0 radical (unpaired) electrons. The van der Waals surface area contributed by atoms with Crippen molar-refractivity contribution in [3.8, 4) is 5.75 Å². The highest BCUT2D eigenvalue weighted by molar-refractivity contribution is 5.90. The molecule has 1 aromatic heterocycles. The molecule has 0 amide bonds. The lowest BCUT2D eigenvalue weighted by Crippen LogP contribution is -2.10. The third-order valence-electron chi connectivity index (χ3n) is 3.27. The third-order valence-corrected chi connectivity index (χ3v) is 3.27. The fraction of sp³-hybridized carbons (Fsp3) is 0.176. The van der Waals surface area contributed by atoms with Crippen molar-refractivity contribution in [3.05, 3.63) is 60.9 Å². The molecule has 0 saturated carbocycles. The molecular weight excluding hydrogens is 264 g/mol. The number of nitrogens with zero attached hydrogens (tertiary/aromatic N) is 2. The zero-order valence-corrected chi connectivity index (χ0v) is 11.6. The molecule has 0 aliphatic rings. The van der Waals surface area contributed by atoms with Crippen LogP contribution in [0.25, 0.3) is 11.0 Å². The van der Waals surface area contributed by atoms with Crippen LogP contribution in [0.4, 0.5) is 0 Å². The van der Waals surface area contributed by atoms with Gasteiger partial charge in [-0.05, 0) is 30.7 Å². The van der Waals surface area contributed by atoms with Crippen LogP contribution in [0.5, 0.6) is 5.75 Å². The molecule has 4 nitrogen and oxygen atoms in total. The van der Waals surface area contributed by atoms with Gasteiger partial charge in [-0.15, -0.1) is 0 Å². The van der Waals surface area contributed by atoms with Gasteiger partial charge in [0.15, 0.2) is 0 Å². The summed E-state index contributed by atoms with van der Waals surface area (Å²) in [6.07, 6.45) is 2.71. The Morgan fingerprint density at radius 2 is 1.81 bits per heavy atom. The van der Waals surface area contributed by atoms with Crippen molar-refractivity contribution in [2.45, 2.75) is 12.8 Å². The zero-order chi connectivity index (χ0) is 14.5. The van der Waals surface area contributed by atoms with Gasteiger partial charge in [0.05, 0.1) is 17.6 Å². The SMILES string of the molecule is O=C(CCCOc1ccccc1)n1cnc2ccccc21. The first-order chi connectivity index (χ1) is 10.3. The molecule has 3 rings (SSSR count). The summed E-state index contributed by atoms with van der Waals surface area (Å²) in [5.74, 6) is 0.874. The topological polar surface area (TPSA) is 44.1 Å². The quantitative estimate of drug-likeness (QED) is 0.671. The number of imidazole rings is 1. The molecule has 0 spiro atoms. The fourth-order valence-corrected chi connectivity index (χ4v) is 2.21. The van der Waals surface area contributed by atoms with Crippen LogP contribution in [0.2, 0.25) is 0 Å². The van der Waals surface area contributed by atoms with Gasteiger partial charge in [0, 0.05) is 6.42 Å². The van der Waals surface area contributed by atoms with Crippen LogP contribution >= 0.6 is 0 Å². The lowest BCUT2D eigenvalue weighted by atomic mass is 10.3. The van der Waals surface area contributed by atoms with Crippen molar-refractivity contribution in [3.63, 3.8) is 0 Å². The van der Waals surface area contributed by atoms with E-state index >= 15 is 0 Å². The van der Waals surface area contributed by atoms with Crippen LogP contribution in [0.1, 0.15) is 17.6 Å². The van der Waals surface area contributed by atoms with Crippen LogP contribution in [-0.4, -0.2) is 22.1 Å². The van der Waals surface area contributed by atoms with Crippen LogP contribution in [-0.2, 0) is 0 Å². The first-order valence-electron chi connectivity index (χ1n) is 6.98. The standard InChI is InChI=1S/C17H16N2O2/c20-17(11-6-12-21-14-7-2-1-3-8-14)19-13-18-15-9-4-5-10-16(15)19/h1-5,7-10,13H,6,11-12H2. The van der Waals surface area contributed by atoms with E-state index in [4.69, 9.17) is 4.74 Å². The largest absolute Gasteiger partial charge is 0.494 e. The predicted molar refractivity (Wildman–Crippen MR) is 81.5 cm³/mol. The van der Waals surface area contributed by atoms with E-state index in [0.717, 1.165) is 16.8 Å². The first kappa shape index (κ1) is 13.4.